The molecule has 198 valence electrons. The molecule has 1 aliphatic rings. The normalized spacial score (nSPS) is 17.8. The molecule has 0 aliphatic heterocycles. The molecule has 0 N–H and O–H groups in total. The molecule has 2 unspecified atom stereocenters. The SMILES string of the molecule is Cc1ccnc(C2C=CC(F)=CC2(F)C(F)(F)F)c1.Cc1ccncc1.c1ccccc1.c1ccccc1. The quantitative estimate of drug-likeness (QED) is 0.232. The first-order valence-corrected chi connectivity index (χ1v) is 11.7. The van der Waals surface area contributed by atoms with Crippen LogP contribution in [0.15, 0.2) is 140 Å². The third-order valence-electron chi connectivity index (χ3n) is 5.12. The predicted octanol–water partition coefficient (Wildman–Crippen LogP) is 8.93. The Kier molecular flexibility index (Phi) is 12.0. The average Bonchev–Trinajstić information content (AvgIpc) is 2.92. The van der Waals surface area contributed by atoms with Gasteiger partial charge in [-0.3, -0.25) is 9.97 Å². The summed E-state index contributed by atoms with van der Waals surface area (Å²) in [5, 5.41) is 0. The second-order valence-corrected chi connectivity index (χ2v) is 8.22. The number of aromatic nitrogens is 2. The van der Waals surface area contributed by atoms with Gasteiger partial charge in [0, 0.05) is 18.6 Å². The van der Waals surface area contributed by atoms with Gasteiger partial charge in [-0.2, -0.15) is 13.2 Å². The molecule has 0 amide bonds. The van der Waals surface area contributed by atoms with Gasteiger partial charge in [0.05, 0.1) is 11.6 Å². The smallest absolute Gasteiger partial charge is 0.265 e. The summed E-state index contributed by atoms with van der Waals surface area (Å²) < 4.78 is 65.9. The summed E-state index contributed by atoms with van der Waals surface area (Å²) in [4.78, 5) is 7.60. The van der Waals surface area contributed by atoms with Gasteiger partial charge in [0.2, 0.25) is 5.67 Å². The number of benzene rings is 2. The number of rotatable bonds is 1. The van der Waals surface area contributed by atoms with Crippen molar-refractivity contribution in [2.24, 2.45) is 0 Å². The van der Waals surface area contributed by atoms with Crippen LogP contribution in [0, 0.1) is 13.8 Å². The summed E-state index contributed by atoms with van der Waals surface area (Å²) >= 11 is 0. The first kappa shape index (κ1) is 30.1. The van der Waals surface area contributed by atoms with Gasteiger partial charge in [-0.05, 0) is 61.4 Å². The van der Waals surface area contributed by atoms with Gasteiger partial charge < -0.3 is 0 Å². The molecule has 2 aromatic carbocycles. The van der Waals surface area contributed by atoms with Crippen LogP contribution >= 0.6 is 0 Å². The monoisotopic (exact) mass is 524 g/mol. The van der Waals surface area contributed by atoms with E-state index in [0.717, 1.165) is 12.2 Å². The Balaban J connectivity index is 0.000000215. The van der Waals surface area contributed by atoms with E-state index in [9.17, 15) is 22.0 Å². The van der Waals surface area contributed by atoms with Crippen molar-refractivity contribution in [3.63, 3.8) is 0 Å². The summed E-state index contributed by atoms with van der Waals surface area (Å²) in [6, 6.07) is 30.9. The number of halogens is 5. The minimum atomic E-state index is -5.22. The fourth-order valence-corrected chi connectivity index (χ4v) is 3.16. The second-order valence-electron chi connectivity index (χ2n) is 8.22. The highest BCUT2D eigenvalue weighted by Crippen LogP contribution is 2.48. The maximum absolute atomic E-state index is 14.3. The van der Waals surface area contributed by atoms with Gasteiger partial charge in [-0.1, -0.05) is 78.9 Å². The van der Waals surface area contributed by atoms with Gasteiger partial charge in [0.1, 0.15) is 5.83 Å². The summed E-state index contributed by atoms with van der Waals surface area (Å²) in [6.07, 6.45) is 1.28. The molecule has 38 heavy (non-hydrogen) atoms. The zero-order chi connectivity index (χ0) is 27.9. The van der Waals surface area contributed by atoms with Gasteiger partial charge >= 0.3 is 6.18 Å². The molecule has 0 spiro atoms. The second kappa shape index (κ2) is 15.2. The van der Waals surface area contributed by atoms with Crippen LogP contribution in [0.1, 0.15) is 22.7 Å². The van der Waals surface area contributed by atoms with E-state index in [1.165, 1.54) is 17.8 Å². The van der Waals surface area contributed by atoms with E-state index in [-0.39, 0.29) is 11.8 Å². The zero-order valence-electron chi connectivity index (χ0n) is 21.1. The molecule has 2 aromatic heterocycles. The van der Waals surface area contributed by atoms with E-state index in [2.05, 4.69) is 9.97 Å². The summed E-state index contributed by atoms with van der Waals surface area (Å²) in [5.41, 5.74) is -1.96. The lowest BCUT2D eigenvalue weighted by atomic mass is 9.81. The topological polar surface area (TPSA) is 25.8 Å². The van der Waals surface area contributed by atoms with Crippen LogP contribution in [-0.4, -0.2) is 21.8 Å². The number of hydrogen-bond acceptors (Lipinski definition) is 2. The lowest BCUT2D eigenvalue weighted by Crippen LogP contribution is -2.45. The van der Waals surface area contributed by atoms with Crippen molar-refractivity contribution in [3.8, 4) is 0 Å². The molecular formula is C31H29F5N2. The predicted molar refractivity (Wildman–Crippen MR) is 142 cm³/mol. The molecule has 0 saturated heterocycles. The lowest BCUT2D eigenvalue weighted by molar-refractivity contribution is -0.217. The minimum Gasteiger partial charge on any atom is -0.265 e. The van der Waals surface area contributed by atoms with Gasteiger partial charge in [-0.15, -0.1) is 0 Å². The van der Waals surface area contributed by atoms with Crippen LogP contribution in [0.25, 0.3) is 0 Å². The highest BCUT2D eigenvalue weighted by Gasteiger charge is 2.60. The highest BCUT2D eigenvalue weighted by atomic mass is 19.4. The van der Waals surface area contributed by atoms with Crippen LogP contribution in [0.4, 0.5) is 22.0 Å². The number of alkyl halides is 4. The third-order valence-corrected chi connectivity index (χ3v) is 5.12. The molecule has 1 aliphatic carbocycles. The maximum Gasteiger partial charge on any atom is 0.427 e. The Morgan fingerprint density at radius 3 is 1.53 bits per heavy atom. The number of nitrogens with zero attached hydrogens (tertiary/aromatic N) is 2. The largest absolute Gasteiger partial charge is 0.427 e. The fraction of sp³-hybridized carbons (Fsp3) is 0.161. The summed E-state index contributed by atoms with van der Waals surface area (Å²) in [6.45, 7) is 3.70. The first-order valence-electron chi connectivity index (χ1n) is 11.7. The van der Waals surface area contributed by atoms with Gasteiger partial charge in [0.25, 0.3) is 0 Å². The van der Waals surface area contributed by atoms with Crippen molar-refractivity contribution in [1.82, 2.24) is 9.97 Å². The summed E-state index contributed by atoms with van der Waals surface area (Å²) in [7, 11) is 0. The van der Waals surface area contributed by atoms with Crippen molar-refractivity contribution in [1.29, 1.82) is 0 Å². The number of aryl methyl sites for hydroxylation is 2. The molecule has 0 saturated carbocycles. The van der Waals surface area contributed by atoms with Crippen LogP contribution in [0.2, 0.25) is 0 Å². The van der Waals surface area contributed by atoms with Crippen molar-refractivity contribution in [2.75, 3.05) is 0 Å². The van der Waals surface area contributed by atoms with Crippen molar-refractivity contribution < 1.29 is 22.0 Å². The number of pyridine rings is 2. The van der Waals surface area contributed by atoms with E-state index in [1.54, 1.807) is 25.4 Å². The fourth-order valence-electron chi connectivity index (χ4n) is 3.16. The third kappa shape index (κ3) is 10.1. The molecular weight excluding hydrogens is 495 g/mol. The molecule has 4 aromatic rings. The van der Waals surface area contributed by atoms with E-state index < -0.39 is 23.6 Å². The van der Waals surface area contributed by atoms with E-state index in [4.69, 9.17) is 0 Å². The van der Waals surface area contributed by atoms with Gasteiger partial charge in [-0.25, -0.2) is 8.78 Å². The average molecular weight is 525 g/mol. The Morgan fingerprint density at radius 1 is 0.711 bits per heavy atom. The molecule has 2 heterocycles. The van der Waals surface area contributed by atoms with Gasteiger partial charge in [0.15, 0.2) is 0 Å². The van der Waals surface area contributed by atoms with E-state index in [1.807, 2.05) is 91.9 Å². The van der Waals surface area contributed by atoms with Crippen LogP contribution in [0.5, 0.6) is 0 Å². The Labute approximate surface area is 220 Å². The molecule has 2 atom stereocenters. The zero-order valence-corrected chi connectivity index (χ0v) is 21.1. The highest BCUT2D eigenvalue weighted by molar-refractivity contribution is 5.37. The Morgan fingerprint density at radius 2 is 1.16 bits per heavy atom. The van der Waals surface area contributed by atoms with Crippen molar-refractivity contribution in [3.05, 3.63) is 157 Å². The molecule has 2 nitrogen and oxygen atoms in total. The van der Waals surface area contributed by atoms with E-state index >= 15 is 0 Å². The Hall–Kier alpha value is -4.13. The summed E-state index contributed by atoms with van der Waals surface area (Å²) in [5.74, 6) is -2.93. The van der Waals surface area contributed by atoms with Crippen LogP contribution < -0.4 is 0 Å². The number of hydrogen-bond donors (Lipinski definition) is 0. The standard InChI is InChI=1S/C13H10F5N.C6H7N.2C6H6/c1-8-4-5-19-11(6-8)10-3-2-9(14)7-12(10,15)13(16,17)18;1-6-2-4-7-5-3-6;2*1-2-4-6-5-3-1/h2-7,10H,1H3;2-5H,1H3;2*1-6H. The molecule has 0 fully saturated rings. The van der Waals surface area contributed by atoms with Crippen molar-refractivity contribution in [2.45, 2.75) is 31.6 Å². The molecule has 5 rings (SSSR count). The van der Waals surface area contributed by atoms with Crippen LogP contribution in [-0.2, 0) is 0 Å². The number of allylic oxidation sites excluding steroid dienone is 4. The van der Waals surface area contributed by atoms with Crippen molar-refractivity contribution >= 4 is 0 Å². The molecule has 0 bridgehead atoms. The Bertz CT molecular complexity index is 1160. The van der Waals surface area contributed by atoms with Crippen LogP contribution in [0.3, 0.4) is 0 Å². The lowest BCUT2D eigenvalue weighted by Gasteiger charge is -2.32. The minimum absolute atomic E-state index is 0.0400. The molecule has 0 radical (unpaired) electrons. The molecule has 7 heteroatoms. The maximum atomic E-state index is 14.3. The first-order chi connectivity index (χ1) is 18.1. The van der Waals surface area contributed by atoms with E-state index in [0.29, 0.717) is 5.56 Å².